The van der Waals surface area contributed by atoms with Gasteiger partial charge < -0.3 is 24.5 Å². The normalized spacial score (nSPS) is 19.3. The third-order valence-corrected chi connectivity index (χ3v) is 4.54. The van der Waals surface area contributed by atoms with Crippen molar-refractivity contribution in [3.63, 3.8) is 0 Å². The minimum absolute atomic E-state index is 0.0190. The number of ether oxygens (including phenoxy) is 2. The fourth-order valence-electron chi connectivity index (χ4n) is 2.36. The number of halogens is 3. The number of hydrogen-bond acceptors (Lipinski definition) is 5. The van der Waals surface area contributed by atoms with Crippen molar-refractivity contribution in [3.8, 4) is 5.75 Å². The van der Waals surface area contributed by atoms with E-state index in [0.717, 1.165) is 12.1 Å². The summed E-state index contributed by atoms with van der Waals surface area (Å²) in [5.74, 6) is -0.345. The second-order valence-electron chi connectivity index (χ2n) is 6.90. The van der Waals surface area contributed by atoms with Gasteiger partial charge in [-0.3, -0.25) is 0 Å². The summed E-state index contributed by atoms with van der Waals surface area (Å²) in [6.45, 7) is 7.41. The molecule has 0 bridgehead atoms. The Morgan fingerprint density at radius 3 is 2.12 bits per heavy atom. The second kappa shape index (κ2) is 6.70. The van der Waals surface area contributed by atoms with E-state index in [-0.39, 0.29) is 30.1 Å². The maximum atomic E-state index is 13.4. The second-order valence-corrected chi connectivity index (χ2v) is 6.90. The van der Waals surface area contributed by atoms with Gasteiger partial charge in [-0.05, 0) is 33.8 Å². The highest BCUT2D eigenvalue weighted by Gasteiger charge is 2.52. The van der Waals surface area contributed by atoms with Crippen LogP contribution in [0.1, 0.15) is 33.3 Å². The smallest absolute Gasteiger partial charge is 0.490 e. The predicted octanol–water partition coefficient (Wildman–Crippen LogP) is 2.61. The summed E-state index contributed by atoms with van der Waals surface area (Å²) in [5, 5.41) is 0. The van der Waals surface area contributed by atoms with Gasteiger partial charge >= 0.3 is 13.3 Å². The molecule has 0 atom stereocenters. The van der Waals surface area contributed by atoms with E-state index in [1.165, 1.54) is 7.11 Å². The van der Waals surface area contributed by atoms with Crippen LogP contribution in [-0.4, -0.2) is 38.6 Å². The van der Waals surface area contributed by atoms with Gasteiger partial charge in [0.15, 0.2) is 0 Å². The van der Waals surface area contributed by atoms with Crippen LogP contribution >= 0.6 is 0 Å². The highest BCUT2D eigenvalue weighted by atomic mass is 19.4. The Kier molecular flexibility index (Phi) is 5.32. The largest absolute Gasteiger partial charge is 0.496 e. The van der Waals surface area contributed by atoms with Crippen LogP contribution in [0.25, 0.3) is 0 Å². The minimum Gasteiger partial charge on any atom is -0.490 e. The SMILES string of the molecule is COCCOc1cc(N)c(B2OC(C)(C)C(C)(C)O2)cc1C(F)(F)F. The van der Waals surface area contributed by atoms with Gasteiger partial charge in [0, 0.05) is 24.3 Å². The molecule has 1 aliphatic rings. The molecule has 0 spiro atoms. The van der Waals surface area contributed by atoms with Gasteiger partial charge in [0.2, 0.25) is 0 Å². The first-order chi connectivity index (χ1) is 11.4. The van der Waals surface area contributed by atoms with Crippen molar-refractivity contribution in [2.75, 3.05) is 26.1 Å². The fraction of sp³-hybridized carbons (Fsp3) is 0.625. The predicted molar refractivity (Wildman–Crippen MR) is 88.9 cm³/mol. The van der Waals surface area contributed by atoms with Crippen molar-refractivity contribution in [1.82, 2.24) is 0 Å². The number of rotatable bonds is 5. The summed E-state index contributed by atoms with van der Waals surface area (Å²) in [4.78, 5) is 0. The summed E-state index contributed by atoms with van der Waals surface area (Å²) >= 11 is 0. The van der Waals surface area contributed by atoms with Crippen molar-refractivity contribution in [1.29, 1.82) is 0 Å². The average Bonchev–Trinajstić information content (AvgIpc) is 2.66. The third-order valence-electron chi connectivity index (χ3n) is 4.54. The van der Waals surface area contributed by atoms with Crippen LogP contribution in [0.4, 0.5) is 18.9 Å². The lowest BCUT2D eigenvalue weighted by molar-refractivity contribution is -0.139. The van der Waals surface area contributed by atoms with Gasteiger partial charge in [-0.15, -0.1) is 0 Å². The first-order valence-electron chi connectivity index (χ1n) is 7.87. The van der Waals surface area contributed by atoms with Gasteiger partial charge in [-0.2, -0.15) is 13.2 Å². The quantitative estimate of drug-likeness (QED) is 0.496. The van der Waals surface area contributed by atoms with E-state index >= 15 is 0 Å². The summed E-state index contributed by atoms with van der Waals surface area (Å²) in [7, 11) is 0.447. The monoisotopic (exact) mass is 361 g/mol. The van der Waals surface area contributed by atoms with Crippen LogP contribution in [-0.2, 0) is 20.2 Å². The van der Waals surface area contributed by atoms with E-state index in [1.54, 1.807) is 0 Å². The summed E-state index contributed by atoms with van der Waals surface area (Å²) < 4.78 is 61.9. The Hall–Kier alpha value is -1.45. The molecule has 25 heavy (non-hydrogen) atoms. The van der Waals surface area contributed by atoms with E-state index in [2.05, 4.69) is 0 Å². The van der Waals surface area contributed by atoms with Gasteiger partial charge in [-0.25, -0.2) is 0 Å². The molecule has 1 saturated heterocycles. The lowest BCUT2D eigenvalue weighted by Crippen LogP contribution is -2.41. The highest BCUT2D eigenvalue weighted by molar-refractivity contribution is 6.63. The van der Waals surface area contributed by atoms with Crippen molar-refractivity contribution in [3.05, 3.63) is 17.7 Å². The molecule has 2 N–H and O–H groups in total. The van der Waals surface area contributed by atoms with Crippen LogP contribution < -0.4 is 15.9 Å². The molecular weight excluding hydrogens is 338 g/mol. The first kappa shape index (κ1) is 19.9. The molecule has 1 heterocycles. The molecular formula is C16H23BF3NO4. The first-order valence-corrected chi connectivity index (χ1v) is 7.87. The molecule has 140 valence electrons. The molecule has 1 aliphatic heterocycles. The fourth-order valence-corrected chi connectivity index (χ4v) is 2.36. The minimum atomic E-state index is -4.60. The zero-order valence-corrected chi connectivity index (χ0v) is 15.0. The van der Waals surface area contributed by atoms with Crippen molar-refractivity contribution in [2.24, 2.45) is 0 Å². The number of nitrogen functional groups attached to an aromatic ring is 1. The van der Waals surface area contributed by atoms with Gasteiger partial charge in [-0.1, -0.05) is 0 Å². The van der Waals surface area contributed by atoms with Gasteiger partial charge in [0.25, 0.3) is 0 Å². The van der Waals surface area contributed by atoms with Crippen LogP contribution in [0, 0.1) is 0 Å². The van der Waals surface area contributed by atoms with Crippen LogP contribution in [0.3, 0.4) is 0 Å². The Labute approximate surface area is 145 Å². The van der Waals surface area contributed by atoms with E-state index in [1.807, 2.05) is 27.7 Å². The van der Waals surface area contributed by atoms with E-state index in [0.29, 0.717) is 0 Å². The van der Waals surface area contributed by atoms with Crippen molar-refractivity contribution >= 4 is 18.3 Å². The third kappa shape index (κ3) is 4.04. The molecule has 0 saturated carbocycles. The molecule has 9 heteroatoms. The van der Waals surface area contributed by atoms with E-state index in [4.69, 9.17) is 24.5 Å². The number of anilines is 1. The summed E-state index contributed by atoms with van der Waals surface area (Å²) in [6, 6.07) is 2.08. The van der Waals surface area contributed by atoms with Crippen molar-refractivity contribution < 1.29 is 32.0 Å². The Morgan fingerprint density at radius 2 is 1.64 bits per heavy atom. The van der Waals surface area contributed by atoms with Crippen LogP contribution in [0.2, 0.25) is 0 Å². The van der Waals surface area contributed by atoms with Crippen LogP contribution in [0.5, 0.6) is 5.75 Å². The van der Waals surface area contributed by atoms with Crippen LogP contribution in [0.15, 0.2) is 12.1 Å². The zero-order valence-electron chi connectivity index (χ0n) is 15.0. The topological polar surface area (TPSA) is 62.9 Å². The molecule has 1 aromatic carbocycles. The zero-order chi connectivity index (χ0) is 19.0. The molecule has 0 amide bonds. The number of alkyl halides is 3. The molecule has 1 aromatic rings. The highest BCUT2D eigenvalue weighted by Crippen LogP contribution is 2.40. The number of nitrogens with two attached hydrogens (primary N) is 1. The standard InChI is InChI=1S/C16H23BF3NO4/c1-14(2)15(3,4)25-17(24-14)11-8-10(16(18,19)20)13(9-12(11)21)23-7-6-22-5/h8-9H,6-7,21H2,1-5H3. The molecule has 0 unspecified atom stereocenters. The number of methoxy groups -OCH3 is 1. The molecule has 0 aliphatic carbocycles. The Balaban J connectivity index is 2.41. The Bertz CT molecular complexity index is 619. The molecule has 0 radical (unpaired) electrons. The van der Waals surface area contributed by atoms with Crippen molar-refractivity contribution in [2.45, 2.75) is 45.1 Å². The van der Waals surface area contributed by atoms with Gasteiger partial charge in [0.1, 0.15) is 12.4 Å². The lowest BCUT2D eigenvalue weighted by Gasteiger charge is -2.32. The molecule has 2 rings (SSSR count). The number of hydrogen-bond donors (Lipinski definition) is 1. The van der Waals surface area contributed by atoms with E-state index < -0.39 is 30.1 Å². The maximum absolute atomic E-state index is 13.4. The number of benzene rings is 1. The Morgan fingerprint density at radius 1 is 1.08 bits per heavy atom. The molecule has 0 aromatic heterocycles. The van der Waals surface area contributed by atoms with E-state index in [9.17, 15) is 13.2 Å². The summed E-state index contributed by atoms with van der Waals surface area (Å²) in [6.07, 6.45) is -4.60. The lowest BCUT2D eigenvalue weighted by atomic mass is 9.77. The maximum Gasteiger partial charge on any atom is 0.496 e. The average molecular weight is 361 g/mol. The summed E-state index contributed by atoms with van der Waals surface area (Å²) in [5.41, 5.74) is 3.90. The van der Waals surface area contributed by atoms with Gasteiger partial charge in [0.05, 0.1) is 23.4 Å². The molecule has 5 nitrogen and oxygen atoms in total. The molecule has 1 fully saturated rings.